The topological polar surface area (TPSA) is 101 Å². The van der Waals surface area contributed by atoms with Crippen LogP contribution in [0.2, 0.25) is 0 Å². The van der Waals surface area contributed by atoms with Crippen LogP contribution in [0.4, 0.5) is 11.8 Å². The summed E-state index contributed by atoms with van der Waals surface area (Å²) in [5.41, 5.74) is 11.7. The van der Waals surface area contributed by atoms with Gasteiger partial charge in [-0.2, -0.15) is 4.98 Å². The number of aromatic amines is 1. The molecule has 6 nitrogen and oxygen atoms in total. The number of hydrogen-bond donors (Lipinski definition) is 3. The minimum absolute atomic E-state index is 0.198. The van der Waals surface area contributed by atoms with E-state index in [1.165, 1.54) is 12.5 Å². The highest BCUT2D eigenvalue weighted by atomic mass is 16.1. The van der Waals surface area contributed by atoms with E-state index in [4.69, 9.17) is 11.5 Å². The van der Waals surface area contributed by atoms with Crippen molar-refractivity contribution in [3.63, 3.8) is 0 Å². The van der Waals surface area contributed by atoms with Crippen LogP contribution in [0.5, 0.6) is 0 Å². The van der Waals surface area contributed by atoms with Gasteiger partial charge in [0.25, 0.3) is 5.56 Å². The van der Waals surface area contributed by atoms with Crippen molar-refractivity contribution in [3.05, 3.63) is 16.4 Å². The van der Waals surface area contributed by atoms with Gasteiger partial charge in [-0.3, -0.25) is 9.78 Å². The zero-order valence-electron chi connectivity index (χ0n) is 9.65. The average Bonchev–Trinajstić information content (AvgIpc) is 2.56. The van der Waals surface area contributed by atoms with Crippen LogP contribution in [-0.2, 0) is 0 Å². The molecule has 3 rings (SSSR count). The number of nitrogens with one attached hydrogen (secondary N) is 1. The lowest BCUT2D eigenvalue weighted by molar-refractivity contribution is 0.216. The summed E-state index contributed by atoms with van der Waals surface area (Å²) in [5.74, 6) is 0.855. The van der Waals surface area contributed by atoms with E-state index in [0.717, 1.165) is 25.9 Å². The van der Waals surface area contributed by atoms with Crippen molar-refractivity contribution in [2.24, 2.45) is 11.1 Å². The third kappa shape index (κ3) is 1.78. The van der Waals surface area contributed by atoms with Gasteiger partial charge in [-0.15, -0.1) is 0 Å². The molecule has 2 fully saturated rings. The first-order chi connectivity index (χ1) is 8.06. The highest BCUT2D eigenvalue weighted by molar-refractivity contribution is 5.41. The second-order valence-electron chi connectivity index (χ2n) is 5.35. The summed E-state index contributed by atoms with van der Waals surface area (Å²) < 4.78 is 0. The zero-order valence-corrected chi connectivity index (χ0v) is 9.65. The van der Waals surface area contributed by atoms with Crippen LogP contribution in [0.25, 0.3) is 0 Å². The predicted octanol–water partition coefficient (Wildman–Crippen LogP) is -0.330. The van der Waals surface area contributed by atoms with Gasteiger partial charge in [0.1, 0.15) is 5.82 Å². The molecule has 1 unspecified atom stereocenters. The molecule has 1 saturated carbocycles. The third-order valence-corrected chi connectivity index (χ3v) is 3.84. The Labute approximate surface area is 99.0 Å². The minimum Gasteiger partial charge on any atom is -0.383 e. The molecule has 1 aromatic rings. The number of aromatic nitrogens is 2. The van der Waals surface area contributed by atoms with E-state index in [1.54, 1.807) is 0 Å². The van der Waals surface area contributed by atoms with Crippen molar-refractivity contribution in [2.45, 2.75) is 25.3 Å². The molecule has 1 saturated heterocycles. The predicted molar refractivity (Wildman–Crippen MR) is 65.7 cm³/mol. The zero-order chi connectivity index (χ0) is 12.0. The van der Waals surface area contributed by atoms with Crippen molar-refractivity contribution in [1.29, 1.82) is 0 Å². The van der Waals surface area contributed by atoms with E-state index in [0.29, 0.717) is 17.4 Å². The monoisotopic (exact) mass is 235 g/mol. The summed E-state index contributed by atoms with van der Waals surface area (Å²) in [6.07, 6.45) is 3.36. The Kier molecular flexibility index (Phi) is 2.16. The van der Waals surface area contributed by atoms with Crippen LogP contribution in [-0.4, -0.2) is 29.1 Å². The fraction of sp³-hybridized carbons (Fsp3) is 0.636. The van der Waals surface area contributed by atoms with Gasteiger partial charge < -0.3 is 16.4 Å². The molecule has 92 valence electrons. The van der Waals surface area contributed by atoms with Gasteiger partial charge in [0, 0.05) is 30.6 Å². The van der Waals surface area contributed by atoms with Crippen LogP contribution in [0, 0.1) is 5.41 Å². The molecule has 1 atom stereocenters. The standard InChI is InChI=1S/C11H17N5O/c12-7-1-2-11(4-7)5-16(6-11)10-14-8(13)3-9(17)15-10/h3,7H,1-2,4-6,12H2,(H3,13,14,15,17). The second kappa shape index (κ2) is 3.46. The maximum Gasteiger partial charge on any atom is 0.254 e. The number of anilines is 2. The Morgan fingerprint density at radius 1 is 1.53 bits per heavy atom. The van der Waals surface area contributed by atoms with Crippen LogP contribution < -0.4 is 21.9 Å². The van der Waals surface area contributed by atoms with Crippen molar-refractivity contribution in [2.75, 3.05) is 23.7 Å². The van der Waals surface area contributed by atoms with E-state index >= 15 is 0 Å². The molecule has 2 heterocycles. The maximum absolute atomic E-state index is 11.3. The molecule has 0 radical (unpaired) electrons. The fourth-order valence-electron chi connectivity index (χ4n) is 3.07. The second-order valence-corrected chi connectivity index (χ2v) is 5.35. The molecular formula is C11H17N5O. The lowest BCUT2D eigenvalue weighted by atomic mass is 9.78. The third-order valence-electron chi connectivity index (χ3n) is 3.84. The lowest BCUT2D eigenvalue weighted by Crippen LogP contribution is -2.56. The smallest absolute Gasteiger partial charge is 0.254 e. The molecule has 0 amide bonds. The van der Waals surface area contributed by atoms with E-state index < -0.39 is 0 Å². The molecule has 1 aliphatic heterocycles. The average molecular weight is 235 g/mol. The van der Waals surface area contributed by atoms with Crippen LogP contribution in [0.1, 0.15) is 19.3 Å². The van der Waals surface area contributed by atoms with E-state index in [1.807, 2.05) is 0 Å². The molecule has 0 bridgehead atoms. The molecule has 2 aliphatic rings. The first-order valence-electron chi connectivity index (χ1n) is 5.94. The summed E-state index contributed by atoms with van der Waals surface area (Å²) in [7, 11) is 0. The van der Waals surface area contributed by atoms with Crippen molar-refractivity contribution < 1.29 is 0 Å². The van der Waals surface area contributed by atoms with Gasteiger partial charge in [0.2, 0.25) is 5.95 Å². The number of hydrogen-bond acceptors (Lipinski definition) is 5. The van der Waals surface area contributed by atoms with Gasteiger partial charge in [0.15, 0.2) is 0 Å². The molecular weight excluding hydrogens is 218 g/mol. The molecule has 17 heavy (non-hydrogen) atoms. The number of nitrogens with zero attached hydrogens (tertiary/aromatic N) is 2. The maximum atomic E-state index is 11.3. The van der Waals surface area contributed by atoms with E-state index in [-0.39, 0.29) is 11.4 Å². The van der Waals surface area contributed by atoms with Gasteiger partial charge in [0.05, 0.1) is 0 Å². The van der Waals surface area contributed by atoms with Crippen molar-refractivity contribution in [3.8, 4) is 0 Å². The molecule has 5 N–H and O–H groups in total. The number of rotatable bonds is 1. The van der Waals surface area contributed by atoms with Gasteiger partial charge in [-0.1, -0.05) is 0 Å². The van der Waals surface area contributed by atoms with E-state index in [9.17, 15) is 4.79 Å². The Morgan fingerprint density at radius 3 is 2.88 bits per heavy atom. The fourth-order valence-corrected chi connectivity index (χ4v) is 3.07. The SMILES string of the molecule is Nc1cc(=O)[nH]c(N2CC3(CCC(N)C3)C2)n1. The first-order valence-corrected chi connectivity index (χ1v) is 5.94. The number of nitrogen functional groups attached to an aromatic ring is 1. The Morgan fingerprint density at radius 2 is 2.29 bits per heavy atom. The number of nitrogens with two attached hydrogens (primary N) is 2. The van der Waals surface area contributed by atoms with E-state index in [2.05, 4.69) is 14.9 Å². The van der Waals surface area contributed by atoms with Gasteiger partial charge in [-0.25, -0.2) is 0 Å². The number of H-pyrrole nitrogens is 1. The molecule has 1 spiro atoms. The Bertz CT molecular complexity index is 491. The summed E-state index contributed by atoms with van der Waals surface area (Å²) in [6, 6.07) is 1.63. The van der Waals surface area contributed by atoms with Gasteiger partial charge in [-0.05, 0) is 19.3 Å². The highest BCUT2D eigenvalue weighted by Gasteiger charge is 2.47. The summed E-state index contributed by atoms with van der Waals surface area (Å²) in [5, 5.41) is 0. The van der Waals surface area contributed by atoms with Crippen LogP contribution in [0.15, 0.2) is 10.9 Å². The molecule has 1 aromatic heterocycles. The molecule has 6 heteroatoms. The summed E-state index contributed by atoms with van der Waals surface area (Å²) in [4.78, 5) is 20.2. The lowest BCUT2D eigenvalue weighted by Gasteiger charge is -2.48. The summed E-state index contributed by atoms with van der Waals surface area (Å²) >= 11 is 0. The van der Waals surface area contributed by atoms with Crippen molar-refractivity contribution >= 4 is 11.8 Å². The van der Waals surface area contributed by atoms with Crippen LogP contribution >= 0.6 is 0 Å². The molecule has 0 aromatic carbocycles. The Balaban J connectivity index is 1.75. The molecule has 1 aliphatic carbocycles. The normalized spacial score (nSPS) is 26.2. The van der Waals surface area contributed by atoms with Crippen LogP contribution in [0.3, 0.4) is 0 Å². The largest absolute Gasteiger partial charge is 0.383 e. The first kappa shape index (κ1) is 10.6. The highest BCUT2D eigenvalue weighted by Crippen LogP contribution is 2.45. The van der Waals surface area contributed by atoms with Gasteiger partial charge >= 0.3 is 0 Å². The van der Waals surface area contributed by atoms with Crippen molar-refractivity contribution in [1.82, 2.24) is 9.97 Å². The summed E-state index contributed by atoms with van der Waals surface area (Å²) in [6.45, 7) is 1.85. The minimum atomic E-state index is -0.198. The Hall–Kier alpha value is -1.56. The quantitative estimate of drug-likeness (QED) is 0.618.